The number of carbonyl (C=O) groups is 3. The molecule has 0 heterocycles. The van der Waals surface area contributed by atoms with Gasteiger partial charge in [-0.15, -0.1) is 0 Å². The number of carbonyl (C=O) groups excluding carboxylic acids is 3. The summed E-state index contributed by atoms with van der Waals surface area (Å²) in [6, 6.07) is 4.36. The number of hydrogen-bond donors (Lipinski definition) is 1. The lowest BCUT2D eigenvalue weighted by molar-refractivity contribution is -0.222. The molecule has 0 unspecified atom stereocenters. The fraction of sp³-hybridized carbons (Fsp3) is 0.360. The minimum absolute atomic E-state index is 0.0406. The van der Waals surface area contributed by atoms with Crippen LogP contribution in [0.1, 0.15) is 51.0 Å². The van der Waals surface area contributed by atoms with Gasteiger partial charge in [0.2, 0.25) is 5.43 Å². The van der Waals surface area contributed by atoms with Crippen LogP contribution in [-0.4, -0.2) is 46.6 Å². The van der Waals surface area contributed by atoms with Crippen LogP contribution in [0.4, 0.5) is 0 Å². The fourth-order valence-corrected chi connectivity index (χ4v) is 5.06. The molecule has 0 amide bonds. The molecule has 0 bridgehead atoms. The van der Waals surface area contributed by atoms with Crippen molar-refractivity contribution in [2.45, 2.75) is 51.6 Å². The van der Waals surface area contributed by atoms with E-state index >= 15 is 0 Å². The Morgan fingerprint density at radius 2 is 1.57 bits per heavy atom. The standard InChI is InChI=1S/C25H22N2O10/c1-9(28)35-22-16-15-17(21(32)14-12(20(15)31)7-6-8-13(14)34-5)19(27-26)18(16)23(36-10(2)29)25(4,33)24(22)37-11(3)30/h6-8,22-24,33H,1-5H3/t22-,23+,24+,25+/m0/s1. The lowest BCUT2D eigenvalue weighted by Crippen LogP contribution is -2.56. The smallest absolute Gasteiger partial charge is 0.334 e. The Morgan fingerprint density at radius 1 is 0.946 bits per heavy atom. The summed E-state index contributed by atoms with van der Waals surface area (Å²) in [5.74, 6) is -2.54. The lowest BCUT2D eigenvalue weighted by Gasteiger charge is -2.44. The molecular weight excluding hydrogens is 488 g/mol. The number of rotatable bonds is 4. The van der Waals surface area contributed by atoms with E-state index in [2.05, 4.69) is 4.79 Å². The molecule has 1 N–H and O–H groups in total. The molecule has 1 aromatic rings. The monoisotopic (exact) mass is 510 g/mol. The van der Waals surface area contributed by atoms with Gasteiger partial charge >= 0.3 is 23.3 Å². The van der Waals surface area contributed by atoms with Crippen LogP contribution in [-0.2, 0) is 28.6 Å². The largest absolute Gasteiger partial charge is 0.496 e. The zero-order valence-electron chi connectivity index (χ0n) is 20.5. The third-order valence-corrected chi connectivity index (χ3v) is 6.37. The van der Waals surface area contributed by atoms with Crippen molar-refractivity contribution in [3.05, 3.63) is 71.1 Å². The van der Waals surface area contributed by atoms with Gasteiger partial charge in [0.05, 0.1) is 18.1 Å². The molecule has 0 fully saturated rings. The van der Waals surface area contributed by atoms with Gasteiger partial charge in [-0.3, -0.25) is 24.0 Å². The van der Waals surface area contributed by atoms with Crippen molar-refractivity contribution in [3.8, 4) is 5.75 Å². The molecule has 3 aliphatic rings. The SMILES string of the molecule is COc1cccc2c(=O)c3c4c(c(=[N+]=[N-])c=3c(=O)c12)[C@@H](OC(C)=O)[C@@](C)(O)[C@H](OC(C)=O)[C@H]4OC(C)=O. The summed E-state index contributed by atoms with van der Waals surface area (Å²) < 4.78 is 21.4. The topological polar surface area (TPSA) is 179 Å². The molecule has 37 heavy (non-hydrogen) atoms. The number of hydrogen-bond acceptors (Lipinski definition) is 10. The molecular formula is C25H22N2O10. The summed E-state index contributed by atoms with van der Waals surface area (Å²) in [5, 5.41) is 10.3. The predicted molar refractivity (Wildman–Crippen MR) is 123 cm³/mol. The van der Waals surface area contributed by atoms with E-state index in [-0.39, 0.29) is 38.1 Å². The second kappa shape index (κ2) is 8.91. The molecule has 4 atom stereocenters. The van der Waals surface area contributed by atoms with Gasteiger partial charge in [-0.2, -0.15) is 4.79 Å². The molecule has 3 aliphatic carbocycles. The van der Waals surface area contributed by atoms with Crippen LogP contribution >= 0.6 is 0 Å². The zero-order valence-corrected chi connectivity index (χ0v) is 20.5. The highest BCUT2D eigenvalue weighted by molar-refractivity contribution is 5.88. The maximum absolute atomic E-state index is 13.8. The Hall–Kier alpha value is -4.41. The number of benzene rings is 1. The fourth-order valence-electron chi connectivity index (χ4n) is 5.06. The summed E-state index contributed by atoms with van der Waals surface area (Å²) in [5.41, 5.74) is 5.88. The summed E-state index contributed by atoms with van der Waals surface area (Å²) in [4.78, 5) is 67.0. The van der Waals surface area contributed by atoms with E-state index in [0.717, 1.165) is 27.7 Å². The average Bonchev–Trinajstić information content (AvgIpc) is 3.16. The van der Waals surface area contributed by atoms with Gasteiger partial charge in [0.25, 0.3) is 0 Å². The highest BCUT2D eigenvalue weighted by Gasteiger charge is 2.58. The minimum atomic E-state index is -2.27. The number of aliphatic hydroxyl groups is 1. The molecule has 0 saturated carbocycles. The molecule has 0 aliphatic heterocycles. The van der Waals surface area contributed by atoms with Crippen LogP contribution in [0.5, 0.6) is 5.75 Å². The molecule has 0 radical (unpaired) electrons. The van der Waals surface area contributed by atoms with E-state index in [1.165, 1.54) is 25.3 Å². The van der Waals surface area contributed by atoms with Crippen molar-refractivity contribution in [2.75, 3.05) is 7.11 Å². The first-order valence-electron chi connectivity index (χ1n) is 11.1. The van der Waals surface area contributed by atoms with Crippen LogP contribution in [0.15, 0.2) is 27.8 Å². The molecule has 0 saturated heterocycles. The average molecular weight is 510 g/mol. The van der Waals surface area contributed by atoms with E-state index in [4.69, 9.17) is 18.9 Å². The first-order valence-corrected chi connectivity index (χ1v) is 11.1. The second-order valence-electron chi connectivity index (χ2n) is 8.84. The number of ether oxygens (including phenoxy) is 4. The summed E-state index contributed by atoms with van der Waals surface area (Å²) in [6.45, 7) is 4.30. The summed E-state index contributed by atoms with van der Waals surface area (Å²) >= 11 is 0. The quantitative estimate of drug-likeness (QED) is 0.221. The van der Waals surface area contributed by atoms with E-state index < -0.39 is 58.0 Å². The molecule has 0 spiro atoms. The summed E-state index contributed by atoms with van der Waals surface area (Å²) in [6.07, 6.45) is -5.01. The van der Waals surface area contributed by atoms with E-state index in [1.807, 2.05) is 0 Å². The number of esters is 3. The molecule has 4 rings (SSSR count). The van der Waals surface area contributed by atoms with Crippen molar-refractivity contribution in [1.29, 1.82) is 0 Å². The lowest BCUT2D eigenvalue weighted by atomic mass is 9.75. The maximum Gasteiger partial charge on any atom is 0.334 e. The van der Waals surface area contributed by atoms with Gasteiger partial charge in [-0.1, -0.05) is 12.1 Å². The van der Waals surface area contributed by atoms with Crippen molar-refractivity contribution in [1.82, 2.24) is 0 Å². The maximum atomic E-state index is 13.8. The van der Waals surface area contributed by atoms with Crippen molar-refractivity contribution in [3.63, 3.8) is 0 Å². The van der Waals surface area contributed by atoms with Gasteiger partial charge in [0.15, 0.2) is 23.7 Å². The van der Waals surface area contributed by atoms with Gasteiger partial charge < -0.3 is 29.6 Å². The number of fused-ring (bicyclic) bond motifs is 3. The van der Waals surface area contributed by atoms with Crippen LogP contribution in [0.2, 0.25) is 0 Å². The second-order valence-corrected chi connectivity index (χ2v) is 8.84. The van der Waals surface area contributed by atoms with Crippen LogP contribution in [0, 0.1) is 10.4 Å². The molecule has 0 aromatic heterocycles. The molecule has 1 aromatic carbocycles. The highest BCUT2D eigenvalue weighted by Crippen LogP contribution is 2.47. The number of nitrogens with zero attached hydrogens (tertiary/aromatic N) is 2. The van der Waals surface area contributed by atoms with E-state index in [0.29, 0.717) is 0 Å². The Labute approximate surface area is 207 Å². The molecule has 12 nitrogen and oxygen atoms in total. The van der Waals surface area contributed by atoms with Crippen molar-refractivity contribution < 1.29 is 43.2 Å². The predicted octanol–water partition coefficient (Wildman–Crippen LogP) is 0.204. The normalized spacial score (nSPS) is 22.7. The van der Waals surface area contributed by atoms with Crippen molar-refractivity contribution in [2.24, 2.45) is 0 Å². The van der Waals surface area contributed by atoms with Gasteiger partial charge in [0, 0.05) is 36.9 Å². The Morgan fingerprint density at radius 3 is 2.11 bits per heavy atom. The van der Waals surface area contributed by atoms with E-state index in [9.17, 15) is 34.6 Å². The number of methoxy groups -OCH3 is 1. The van der Waals surface area contributed by atoms with Crippen LogP contribution < -0.4 is 21.0 Å². The minimum Gasteiger partial charge on any atom is -0.496 e. The van der Waals surface area contributed by atoms with Gasteiger partial charge in [-0.25, -0.2) is 0 Å². The third kappa shape index (κ3) is 3.78. The Bertz CT molecular complexity index is 1730. The van der Waals surface area contributed by atoms with Crippen molar-refractivity contribution >= 4 is 28.7 Å². The van der Waals surface area contributed by atoms with E-state index in [1.54, 1.807) is 0 Å². The first kappa shape index (κ1) is 25.7. The Kier molecular flexibility index (Phi) is 6.19. The van der Waals surface area contributed by atoms with Crippen LogP contribution in [0.3, 0.4) is 0 Å². The first-order chi connectivity index (χ1) is 17.4. The summed E-state index contributed by atoms with van der Waals surface area (Å²) in [7, 11) is 1.31. The molecule has 192 valence electrons. The third-order valence-electron chi connectivity index (χ3n) is 6.37. The van der Waals surface area contributed by atoms with Gasteiger partial charge in [-0.05, 0) is 13.0 Å². The Balaban J connectivity index is 2.35. The molecule has 12 heteroatoms. The van der Waals surface area contributed by atoms with Crippen LogP contribution in [0.25, 0.3) is 16.3 Å². The highest BCUT2D eigenvalue weighted by atomic mass is 16.6. The zero-order chi connectivity index (χ0) is 27.4. The van der Waals surface area contributed by atoms with Gasteiger partial charge in [0.1, 0.15) is 16.6 Å².